The molecule has 0 bridgehead atoms. The third-order valence-corrected chi connectivity index (χ3v) is 4.32. The predicted octanol–water partition coefficient (Wildman–Crippen LogP) is 6.94. The fourth-order valence-corrected chi connectivity index (χ4v) is 3.03. The standard InChI is InChI=1S/C20H24N2O.2ClH.Fe/c1-15(21-17-9-5-3-6-10-17)19-13-14-20(23-19)16(2)22-18-11-7-4-8-12-18;;;/h3,5-6,9-10,13-14,18H,4,7-8,11-12H2,1-2H3;2*1H;/q;;;+2/p-2. The number of para-hydroxylation sites is 1. The van der Waals surface area contributed by atoms with Crippen LogP contribution in [-0.4, -0.2) is 17.5 Å². The van der Waals surface area contributed by atoms with Gasteiger partial charge in [0.25, 0.3) is 0 Å². The van der Waals surface area contributed by atoms with Crippen LogP contribution in [0.4, 0.5) is 5.69 Å². The minimum atomic E-state index is 0.194. The molecule has 3 rings (SSSR count). The van der Waals surface area contributed by atoms with Crippen LogP contribution in [0, 0.1) is 0 Å². The minimum absolute atomic E-state index is 0.194. The van der Waals surface area contributed by atoms with Crippen molar-refractivity contribution >= 4 is 37.3 Å². The van der Waals surface area contributed by atoms with Gasteiger partial charge in [-0.05, 0) is 51.0 Å². The molecule has 1 saturated carbocycles. The van der Waals surface area contributed by atoms with Gasteiger partial charge in [-0.1, -0.05) is 37.5 Å². The Morgan fingerprint density at radius 3 is 2.12 bits per heavy atom. The van der Waals surface area contributed by atoms with Gasteiger partial charge < -0.3 is 4.42 Å². The van der Waals surface area contributed by atoms with Crippen molar-refractivity contribution in [1.82, 2.24) is 0 Å². The second kappa shape index (κ2) is 11.6. The quantitative estimate of drug-likeness (QED) is 0.379. The number of hydrogen-bond donors (Lipinski definition) is 0. The summed E-state index contributed by atoms with van der Waals surface area (Å²) < 4.78 is 5.96. The Bertz CT molecular complexity index is 722. The van der Waals surface area contributed by atoms with E-state index in [4.69, 9.17) is 29.6 Å². The number of halogens is 2. The molecule has 1 fully saturated rings. The molecule has 0 aliphatic heterocycles. The van der Waals surface area contributed by atoms with Crippen LogP contribution in [0.25, 0.3) is 0 Å². The Morgan fingerprint density at radius 2 is 1.50 bits per heavy atom. The molecular formula is C20H24Cl2FeN2O. The molecule has 26 heavy (non-hydrogen) atoms. The van der Waals surface area contributed by atoms with Gasteiger partial charge in [0.05, 0.1) is 23.2 Å². The SMILES string of the molecule is CC(=Nc1ccccc1)c1ccc(C(C)=NC2CCCCC2)o1.[Cl][Fe][Cl]. The first-order chi connectivity index (χ1) is 12.6. The van der Waals surface area contributed by atoms with Crippen molar-refractivity contribution in [2.24, 2.45) is 9.98 Å². The van der Waals surface area contributed by atoms with E-state index >= 15 is 0 Å². The van der Waals surface area contributed by atoms with Gasteiger partial charge in [0, 0.05) is 0 Å². The molecule has 0 amide bonds. The van der Waals surface area contributed by atoms with Crippen LogP contribution < -0.4 is 0 Å². The van der Waals surface area contributed by atoms with E-state index in [1.807, 2.05) is 56.3 Å². The Kier molecular flexibility index (Phi) is 9.49. The summed E-state index contributed by atoms with van der Waals surface area (Å²) in [6.07, 6.45) is 6.37. The second-order valence-corrected chi connectivity index (χ2v) is 8.08. The predicted molar refractivity (Wildman–Crippen MR) is 108 cm³/mol. The molecular weight excluding hydrogens is 411 g/mol. The number of furan rings is 1. The maximum atomic E-state index is 5.96. The van der Waals surface area contributed by atoms with Crippen LogP contribution in [0.15, 0.2) is 56.9 Å². The van der Waals surface area contributed by atoms with Gasteiger partial charge in [0.1, 0.15) is 11.5 Å². The first kappa shape index (κ1) is 21.2. The van der Waals surface area contributed by atoms with Crippen molar-refractivity contribution < 1.29 is 17.6 Å². The molecule has 3 nitrogen and oxygen atoms in total. The van der Waals surface area contributed by atoms with Gasteiger partial charge in [0.15, 0.2) is 0 Å². The van der Waals surface area contributed by atoms with Gasteiger partial charge in [-0.2, -0.15) is 0 Å². The molecule has 0 N–H and O–H groups in total. The molecule has 1 aromatic carbocycles. The van der Waals surface area contributed by atoms with E-state index in [-0.39, 0.29) is 13.1 Å². The van der Waals surface area contributed by atoms with E-state index in [2.05, 4.69) is 4.99 Å². The average Bonchev–Trinajstić information content (AvgIpc) is 3.15. The van der Waals surface area contributed by atoms with Gasteiger partial charge in [-0.25, -0.2) is 4.99 Å². The fourth-order valence-electron chi connectivity index (χ4n) is 3.03. The Hall–Kier alpha value is -1.06. The zero-order chi connectivity index (χ0) is 18.8. The fraction of sp³-hybridized carbons (Fsp3) is 0.400. The monoisotopic (exact) mass is 434 g/mol. The van der Waals surface area contributed by atoms with Crippen molar-refractivity contribution in [3.05, 3.63) is 54.0 Å². The molecule has 0 saturated heterocycles. The molecule has 1 aromatic heterocycles. The van der Waals surface area contributed by atoms with Gasteiger partial charge in [-0.15, -0.1) is 0 Å². The van der Waals surface area contributed by atoms with E-state index in [1.54, 1.807) is 0 Å². The van der Waals surface area contributed by atoms with E-state index in [0.29, 0.717) is 6.04 Å². The summed E-state index contributed by atoms with van der Waals surface area (Å²) in [4.78, 5) is 9.45. The summed E-state index contributed by atoms with van der Waals surface area (Å²) in [5, 5.41) is 0. The second-order valence-electron chi connectivity index (χ2n) is 6.25. The first-order valence-corrected chi connectivity index (χ1v) is 11.8. The first-order valence-electron chi connectivity index (χ1n) is 8.74. The number of rotatable bonds is 4. The summed E-state index contributed by atoms with van der Waals surface area (Å²) >= 11 is 0.194. The Balaban J connectivity index is 0.000000758. The van der Waals surface area contributed by atoms with Crippen molar-refractivity contribution in [3.8, 4) is 0 Å². The van der Waals surface area contributed by atoms with Crippen LogP contribution in [-0.2, 0) is 13.1 Å². The van der Waals surface area contributed by atoms with Gasteiger partial charge >= 0.3 is 33.3 Å². The number of nitrogens with zero attached hydrogens (tertiary/aromatic N) is 2. The average molecular weight is 435 g/mol. The van der Waals surface area contributed by atoms with Gasteiger partial charge in [0.2, 0.25) is 0 Å². The third-order valence-electron chi connectivity index (χ3n) is 4.32. The summed E-state index contributed by atoms with van der Waals surface area (Å²) in [5.74, 6) is 1.66. The summed E-state index contributed by atoms with van der Waals surface area (Å²) in [7, 11) is 9.53. The van der Waals surface area contributed by atoms with Crippen LogP contribution >= 0.6 is 20.2 Å². The Morgan fingerprint density at radius 1 is 0.923 bits per heavy atom. The molecule has 142 valence electrons. The normalized spacial score (nSPS) is 16.3. The van der Waals surface area contributed by atoms with Crippen molar-refractivity contribution in [1.29, 1.82) is 0 Å². The third kappa shape index (κ3) is 6.92. The van der Waals surface area contributed by atoms with Crippen LogP contribution in [0.2, 0.25) is 0 Å². The van der Waals surface area contributed by atoms with Crippen molar-refractivity contribution in [3.63, 3.8) is 0 Å². The van der Waals surface area contributed by atoms with Crippen molar-refractivity contribution in [2.45, 2.75) is 52.0 Å². The van der Waals surface area contributed by atoms with Gasteiger partial charge in [-0.3, -0.25) is 4.99 Å². The Labute approximate surface area is 170 Å². The molecule has 0 unspecified atom stereocenters. The van der Waals surface area contributed by atoms with Crippen LogP contribution in [0.3, 0.4) is 0 Å². The summed E-state index contributed by atoms with van der Waals surface area (Å²) in [6, 6.07) is 14.4. The van der Waals surface area contributed by atoms with E-state index in [9.17, 15) is 0 Å². The van der Waals surface area contributed by atoms with E-state index in [1.165, 1.54) is 32.1 Å². The molecule has 1 heterocycles. The van der Waals surface area contributed by atoms with E-state index < -0.39 is 0 Å². The molecule has 1 aliphatic carbocycles. The number of aliphatic imine (C=N–C) groups is 2. The number of hydrogen-bond acceptors (Lipinski definition) is 3. The van der Waals surface area contributed by atoms with Crippen LogP contribution in [0.1, 0.15) is 57.5 Å². The molecule has 1 aliphatic rings. The topological polar surface area (TPSA) is 37.9 Å². The zero-order valence-electron chi connectivity index (χ0n) is 15.1. The molecule has 0 spiro atoms. The summed E-state index contributed by atoms with van der Waals surface area (Å²) in [6.45, 7) is 4.02. The molecule has 2 aromatic rings. The maximum absolute atomic E-state index is 5.96. The van der Waals surface area contributed by atoms with Crippen molar-refractivity contribution in [2.75, 3.05) is 0 Å². The van der Waals surface area contributed by atoms with E-state index in [0.717, 1.165) is 28.6 Å². The number of benzene rings is 1. The molecule has 0 atom stereocenters. The molecule has 0 radical (unpaired) electrons. The molecule has 6 heteroatoms. The summed E-state index contributed by atoms with van der Waals surface area (Å²) in [5.41, 5.74) is 2.82. The van der Waals surface area contributed by atoms with Crippen LogP contribution in [0.5, 0.6) is 0 Å². The zero-order valence-corrected chi connectivity index (χ0v) is 17.7.